The van der Waals surface area contributed by atoms with Crippen LogP contribution in [0.5, 0.6) is 0 Å². The van der Waals surface area contributed by atoms with Gasteiger partial charge in [-0.05, 0) is 63.4 Å². The topological polar surface area (TPSA) is 117 Å². The summed E-state index contributed by atoms with van der Waals surface area (Å²) in [4.78, 5) is 56.9. The largest absolute Gasteiger partial charge is 0.344 e. The summed E-state index contributed by atoms with van der Waals surface area (Å²) in [5.74, 6) is -2.67. The maximum atomic E-state index is 15.6. The number of carbonyl (C=O) groups is 4. The zero-order valence-electron chi connectivity index (χ0n) is 27.4. The molecule has 2 fully saturated rings. The first-order valence-corrected chi connectivity index (χ1v) is 16.4. The van der Waals surface area contributed by atoms with Crippen LogP contribution in [0.4, 0.5) is 10.1 Å². The fourth-order valence-corrected chi connectivity index (χ4v) is 6.49. The Morgan fingerprint density at radius 2 is 1.69 bits per heavy atom. The second-order valence-corrected chi connectivity index (χ2v) is 12.9. The SMILES string of the molecule is CCC(=O)N[C@@H](C(=O)N1CCN(C)CC1)[C@@H](C)c1ccc(NC(=O)[C@@H](CC(=O)c2ccnn2C(C)C)C2CCCCC2)c(F)c1. The molecule has 3 atom stereocenters. The number of halogens is 1. The molecular formula is C34H49FN6O4. The van der Waals surface area contributed by atoms with Gasteiger partial charge in [0.1, 0.15) is 17.6 Å². The minimum atomic E-state index is -0.846. The third-order valence-electron chi connectivity index (χ3n) is 9.40. The first kappa shape index (κ1) is 34.3. The summed E-state index contributed by atoms with van der Waals surface area (Å²) >= 11 is 0. The summed E-state index contributed by atoms with van der Waals surface area (Å²) in [6.45, 7) is 10.0. The van der Waals surface area contributed by atoms with Gasteiger partial charge in [0, 0.05) is 63.1 Å². The van der Waals surface area contributed by atoms with E-state index < -0.39 is 23.7 Å². The molecule has 2 aliphatic rings. The van der Waals surface area contributed by atoms with Crippen LogP contribution >= 0.6 is 0 Å². The van der Waals surface area contributed by atoms with Gasteiger partial charge in [-0.1, -0.05) is 39.2 Å². The van der Waals surface area contributed by atoms with E-state index >= 15 is 4.39 Å². The average molecular weight is 625 g/mol. The lowest BCUT2D eigenvalue weighted by Crippen LogP contribution is -2.55. The Kier molecular flexibility index (Phi) is 11.9. The highest BCUT2D eigenvalue weighted by Crippen LogP contribution is 2.34. The van der Waals surface area contributed by atoms with Crippen LogP contribution in [0, 0.1) is 17.7 Å². The number of nitrogens with zero attached hydrogens (tertiary/aromatic N) is 4. The van der Waals surface area contributed by atoms with E-state index in [0.717, 1.165) is 45.2 Å². The monoisotopic (exact) mass is 624 g/mol. The van der Waals surface area contributed by atoms with E-state index in [1.54, 1.807) is 41.8 Å². The molecule has 1 saturated carbocycles. The van der Waals surface area contributed by atoms with Crippen LogP contribution in [0.1, 0.15) is 101 Å². The Morgan fingerprint density at radius 1 is 1.00 bits per heavy atom. The summed E-state index contributed by atoms with van der Waals surface area (Å²) in [5.41, 5.74) is 1.03. The summed E-state index contributed by atoms with van der Waals surface area (Å²) in [6, 6.07) is 5.36. The number of likely N-dealkylation sites (N-methyl/N-ethyl adjacent to an activating group) is 1. The summed E-state index contributed by atoms with van der Waals surface area (Å²) in [5, 5.41) is 9.90. The van der Waals surface area contributed by atoms with Crippen molar-refractivity contribution in [1.82, 2.24) is 24.9 Å². The van der Waals surface area contributed by atoms with E-state index in [2.05, 4.69) is 20.6 Å². The van der Waals surface area contributed by atoms with Crippen molar-refractivity contribution >= 4 is 29.2 Å². The molecule has 1 aromatic heterocycles. The van der Waals surface area contributed by atoms with Crippen molar-refractivity contribution in [2.75, 3.05) is 38.5 Å². The fourth-order valence-electron chi connectivity index (χ4n) is 6.49. The third kappa shape index (κ3) is 8.56. The number of hydrogen-bond donors (Lipinski definition) is 2. The lowest BCUT2D eigenvalue weighted by molar-refractivity contribution is -0.138. The second-order valence-electron chi connectivity index (χ2n) is 12.9. The van der Waals surface area contributed by atoms with Crippen molar-refractivity contribution in [2.45, 2.75) is 90.6 Å². The maximum Gasteiger partial charge on any atom is 0.245 e. The Balaban J connectivity index is 1.51. The zero-order chi connectivity index (χ0) is 32.7. The summed E-state index contributed by atoms with van der Waals surface area (Å²) in [7, 11) is 2.00. The second kappa shape index (κ2) is 15.6. The molecule has 3 amide bonds. The van der Waals surface area contributed by atoms with E-state index in [-0.39, 0.29) is 54.0 Å². The highest BCUT2D eigenvalue weighted by atomic mass is 19.1. The number of Topliss-reactive ketones (excluding diaryl/α,β-unsaturated/α-hetero) is 1. The lowest BCUT2D eigenvalue weighted by atomic mass is 9.77. The molecule has 2 heterocycles. The number of aromatic nitrogens is 2. The number of carbonyl (C=O) groups excluding carboxylic acids is 4. The number of rotatable bonds is 12. The molecule has 0 bridgehead atoms. The number of amides is 3. The van der Waals surface area contributed by atoms with Gasteiger partial charge in [-0.2, -0.15) is 5.10 Å². The molecule has 0 radical (unpaired) electrons. The Hall–Kier alpha value is -3.60. The fraction of sp³-hybridized carbons (Fsp3) is 0.618. The predicted octanol–water partition coefficient (Wildman–Crippen LogP) is 4.78. The van der Waals surface area contributed by atoms with Crippen LogP contribution < -0.4 is 10.6 Å². The Morgan fingerprint density at radius 3 is 2.31 bits per heavy atom. The van der Waals surface area contributed by atoms with E-state index in [1.807, 2.05) is 20.9 Å². The normalized spacial score (nSPS) is 18.3. The third-order valence-corrected chi connectivity index (χ3v) is 9.40. The number of nitrogens with one attached hydrogen (secondary N) is 2. The zero-order valence-corrected chi connectivity index (χ0v) is 27.4. The molecule has 1 aromatic carbocycles. The van der Waals surface area contributed by atoms with E-state index in [0.29, 0.717) is 24.3 Å². The molecule has 4 rings (SSSR count). The minimum absolute atomic E-state index is 0.00245. The molecule has 1 aliphatic carbocycles. The van der Waals surface area contributed by atoms with Crippen LogP contribution in [-0.2, 0) is 14.4 Å². The van der Waals surface area contributed by atoms with E-state index in [4.69, 9.17) is 0 Å². The molecule has 0 spiro atoms. The van der Waals surface area contributed by atoms with Crippen molar-refractivity contribution in [3.8, 4) is 0 Å². The molecule has 246 valence electrons. The highest BCUT2D eigenvalue weighted by Gasteiger charge is 2.35. The summed E-state index contributed by atoms with van der Waals surface area (Å²) in [6.07, 6.45) is 6.63. The molecule has 10 nitrogen and oxygen atoms in total. The average Bonchev–Trinajstić information content (AvgIpc) is 3.54. The van der Waals surface area contributed by atoms with Crippen molar-refractivity contribution in [3.63, 3.8) is 0 Å². The van der Waals surface area contributed by atoms with Gasteiger partial charge in [-0.3, -0.25) is 23.9 Å². The van der Waals surface area contributed by atoms with Crippen LogP contribution in [0.25, 0.3) is 0 Å². The molecule has 0 unspecified atom stereocenters. The van der Waals surface area contributed by atoms with E-state index in [1.165, 1.54) is 12.1 Å². The van der Waals surface area contributed by atoms with Gasteiger partial charge in [-0.25, -0.2) is 4.39 Å². The number of ketones is 1. The van der Waals surface area contributed by atoms with Crippen molar-refractivity contribution in [3.05, 3.63) is 47.5 Å². The highest BCUT2D eigenvalue weighted by molar-refractivity contribution is 6.00. The molecule has 2 N–H and O–H groups in total. The first-order chi connectivity index (χ1) is 21.5. The van der Waals surface area contributed by atoms with Gasteiger partial charge < -0.3 is 20.4 Å². The van der Waals surface area contributed by atoms with Gasteiger partial charge in [0.25, 0.3) is 0 Å². The van der Waals surface area contributed by atoms with Crippen molar-refractivity contribution in [2.24, 2.45) is 11.8 Å². The molecule has 2 aromatic rings. The number of hydrogen-bond acceptors (Lipinski definition) is 6. The Labute approximate surface area is 266 Å². The van der Waals surface area contributed by atoms with Crippen LogP contribution in [0.3, 0.4) is 0 Å². The minimum Gasteiger partial charge on any atom is -0.344 e. The predicted molar refractivity (Wildman–Crippen MR) is 171 cm³/mol. The maximum absolute atomic E-state index is 15.6. The molecular weight excluding hydrogens is 575 g/mol. The van der Waals surface area contributed by atoms with Gasteiger partial charge >= 0.3 is 0 Å². The standard InChI is InChI=1S/C34H49FN6O4/c1-6-31(43)38-32(34(45)40-18-16-39(5)17-19-40)23(4)25-12-13-28(27(35)20-25)37-33(44)26(24-10-8-7-9-11-24)21-30(42)29-14-15-36-41(29)22(2)3/h12-15,20,22-24,26,32H,6-11,16-19,21H2,1-5H3,(H,37,44)(H,38,43)/t23-,26-,32+/m0/s1. The van der Waals surface area contributed by atoms with Crippen LogP contribution in [-0.4, -0.2) is 82.4 Å². The Bertz CT molecular complexity index is 1350. The molecule has 1 saturated heterocycles. The quantitative estimate of drug-likeness (QED) is 0.329. The number of piperazine rings is 1. The van der Waals surface area contributed by atoms with Gasteiger partial charge in [0.15, 0.2) is 5.78 Å². The number of benzene rings is 1. The molecule has 11 heteroatoms. The molecule has 45 heavy (non-hydrogen) atoms. The smallest absolute Gasteiger partial charge is 0.245 e. The van der Waals surface area contributed by atoms with Crippen molar-refractivity contribution < 1.29 is 23.6 Å². The van der Waals surface area contributed by atoms with Crippen molar-refractivity contribution in [1.29, 1.82) is 0 Å². The van der Waals surface area contributed by atoms with E-state index in [9.17, 15) is 19.2 Å². The number of anilines is 1. The van der Waals surface area contributed by atoms with Crippen LogP contribution in [0.15, 0.2) is 30.5 Å². The first-order valence-electron chi connectivity index (χ1n) is 16.4. The lowest BCUT2D eigenvalue weighted by Gasteiger charge is -2.36. The van der Waals surface area contributed by atoms with Gasteiger partial charge in [-0.15, -0.1) is 0 Å². The van der Waals surface area contributed by atoms with Gasteiger partial charge in [0.05, 0.1) is 5.69 Å². The summed E-state index contributed by atoms with van der Waals surface area (Å²) < 4.78 is 17.3. The van der Waals surface area contributed by atoms with Gasteiger partial charge in [0.2, 0.25) is 17.7 Å². The van der Waals surface area contributed by atoms with Crippen LogP contribution in [0.2, 0.25) is 0 Å². The molecule has 1 aliphatic heterocycles.